The number of hydrogen-bond acceptors (Lipinski definition) is 4. The van der Waals surface area contributed by atoms with Gasteiger partial charge in [-0.25, -0.2) is 4.98 Å². The Hall–Kier alpha value is -2.80. The van der Waals surface area contributed by atoms with Crippen LogP contribution in [0.4, 0.5) is 0 Å². The number of nitrogens with one attached hydrogen (secondary N) is 2. The zero-order chi connectivity index (χ0) is 23.0. The first kappa shape index (κ1) is 23.4. The van der Waals surface area contributed by atoms with Gasteiger partial charge in [0, 0.05) is 36.9 Å². The molecule has 2 N–H and O–H groups in total. The van der Waals surface area contributed by atoms with Crippen LogP contribution in [0.3, 0.4) is 0 Å². The fourth-order valence-electron chi connectivity index (χ4n) is 4.24. The van der Waals surface area contributed by atoms with E-state index in [4.69, 9.17) is 0 Å². The molecule has 1 aliphatic heterocycles. The highest BCUT2D eigenvalue weighted by Crippen LogP contribution is 2.26. The zero-order valence-corrected chi connectivity index (χ0v) is 20.0. The molecule has 1 aromatic heterocycles. The molecule has 0 unspecified atom stereocenters. The molecule has 174 valence electrons. The van der Waals surface area contributed by atoms with Gasteiger partial charge in [0.1, 0.15) is 0 Å². The topological polar surface area (TPSA) is 78.1 Å². The van der Waals surface area contributed by atoms with Crippen molar-refractivity contribution >= 4 is 34.6 Å². The van der Waals surface area contributed by atoms with Crippen molar-refractivity contribution in [2.24, 2.45) is 5.92 Å². The number of amides is 2. The number of para-hydroxylation sites is 2. The van der Waals surface area contributed by atoms with Crippen molar-refractivity contribution in [3.63, 3.8) is 0 Å². The normalized spacial score (nSPS) is 14.5. The lowest BCUT2D eigenvalue weighted by Crippen LogP contribution is -2.43. The lowest BCUT2D eigenvalue weighted by molar-refractivity contribution is -0.126. The van der Waals surface area contributed by atoms with Gasteiger partial charge in [-0.15, -0.1) is 0 Å². The Morgan fingerprint density at radius 3 is 2.64 bits per heavy atom. The molecule has 0 atom stereocenters. The third-order valence-corrected chi connectivity index (χ3v) is 7.13. The van der Waals surface area contributed by atoms with E-state index in [0.29, 0.717) is 18.8 Å². The molecule has 0 aliphatic carbocycles. The summed E-state index contributed by atoms with van der Waals surface area (Å²) in [5, 5.41) is 3.91. The van der Waals surface area contributed by atoms with Gasteiger partial charge < -0.3 is 15.2 Å². The second-order valence-electron chi connectivity index (χ2n) is 8.57. The van der Waals surface area contributed by atoms with Crippen molar-refractivity contribution in [1.29, 1.82) is 0 Å². The average molecular weight is 465 g/mol. The third-order valence-electron chi connectivity index (χ3n) is 6.21. The molecule has 0 saturated carbocycles. The quantitative estimate of drug-likeness (QED) is 0.345. The van der Waals surface area contributed by atoms with Gasteiger partial charge in [-0.05, 0) is 43.0 Å². The molecule has 2 amide bonds. The number of unbranched alkanes of at least 4 members (excludes halogenated alkanes) is 2. The lowest BCUT2D eigenvalue weighted by atomic mass is 9.95. The molecule has 3 aromatic rings. The number of aromatic nitrogens is 2. The average Bonchev–Trinajstić information content (AvgIpc) is 3.28. The summed E-state index contributed by atoms with van der Waals surface area (Å²) in [5.41, 5.74) is 3.70. The van der Waals surface area contributed by atoms with Crippen LogP contribution in [0.1, 0.15) is 54.9 Å². The number of H-pyrrole nitrogens is 1. The Morgan fingerprint density at radius 2 is 1.85 bits per heavy atom. The van der Waals surface area contributed by atoms with Gasteiger partial charge in [-0.1, -0.05) is 61.9 Å². The van der Waals surface area contributed by atoms with E-state index in [1.807, 2.05) is 53.4 Å². The van der Waals surface area contributed by atoms with Crippen molar-refractivity contribution < 1.29 is 9.59 Å². The predicted molar refractivity (Wildman–Crippen MR) is 133 cm³/mol. The summed E-state index contributed by atoms with van der Waals surface area (Å²) >= 11 is 1.60. The number of aromatic amines is 1. The van der Waals surface area contributed by atoms with E-state index in [2.05, 4.69) is 22.2 Å². The molecule has 33 heavy (non-hydrogen) atoms. The van der Waals surface area contributed by atoms with E-state index in [1.165, 1.54) is 0 Å². The largest absolute Gasteiger partial charge is 0.356 e. The Labute approximate surface area is 199 Å². The number of benzene rings is 2. The maximum Gasteiger partial charge on any atom is 0.254 e. The van der Waals surface area contributed by atoms with E-state index < -0.39 is 0 Å². The number of carbonyl (C=O) groups excluding carboxylic acids is 2. The van der Waals surface area contributed by atoms with E-state index in [1.54, 1.807) is 11.8 Å². The molecule has 0 radical (unpaired) electrons. The number of piperidine rings is 1. The van der Waals surface area contributed by atoms with E-state index in [0.717, 1.165) is 66.0 Å². The SMILES string of the molecule is CCCCCNC(=O)C1CCN(C(=O)c2ccccc2CSc2nc3ccccc3[nH]2)CC1. The molecule has 2 aromatic carbocycles. The smallest absolute Gasteiger partial charge is 0.254 e. The molecule has 1 saturated heterocycles. The fourth-order valence-corrected chi connectivity index (χ4v) is 5.13. The van der Waals surface area contributed by atoms with Gasteiger partial charge >= 0.3 is 0 Å². The van der Waals surface area contributed by atoms with Gasteiger partial charge in [-0.3, -0.25) is 9.59 Å². The minimum atomic E-state index is 0.00885. The van der Waals surface area contributed by atoms with Crippen LogP contribution >= 0.6 is 11.8 Å². The second kappa shape index (κ2) is 11.4. The highest BCUT2D eigenvalue weighted by Gasteiger charge is 2.28. The Balaban J connectivity index is 1.33. The lowest BCUT2D eigenvalue weighted by Gasteiger charge is -2.32. The number of rotatable bonds is 9. The standard InChI is InChI=1S/C26H32N4O2S/c1-2-3-8-15-27-24(31)19-13-16-30(17-14-19)25(32)21-10-5-4-9-20(21)18-33-26-28-22-11-6-7-12-23(22)29-26/h4-7,9-12,19H,2-3,8,13-18H2,1H3,(H,27,31)(H,28,29). The summed E-state index contributed by atoms with van der Waals surface area (Å²) in [5.74, 6) is 0.867. The van der Waals surface area contributed by atoms with Crippen molar-refractivity contribution in [2.75, 3.05) is 19.6 Å². The van der Waals surface area contributed by atoms with Crippen LogP contribution in [0.5, 0.6) is 0 Å². The molecule has 7 heteroatoms. The summed E-state index contributed by atoms with van der Waals surface area (Å²) in [7, 11) is 0. The summed E-state index contributed by atoms with van der Waals surface area (Å²) in [6.45, 7) is 4.15. The van der Waals surface area contributed by atoms with Crippen LogP contribution in [0.15, 0.2) is 53.7 Å². The minimum absolute atomic E-state index is 0.00885. The Morgan fingerprint density at radius 1 is 1.09 bits per heavy atom. The monoisotopic (exact) mass is 464 g/mol. The van der Waals surface area contributed by atoms with E-state index in [9.17, 15) is 9.59 Å². The van der Waals surface area contributed by atoms with Crippen LogP contribution in [0, 0.1) is 5.92 Å². The molecule has 6 nitrogen and oxygen atoms in total. The number of likely N-dealkylation sites (tertiary alicyclic amines) is 1. The molecule has 4 rings (SSSR count). The van der Waals surface area contributed by atoms with Gasteiger partial charge in [0.25, 0.3) is 5.91 Å². The maximum absolute atomic E-state index is 13.3. The molecular weight excluding hydrogens is 432 g/mol. The van der Waals surface area contributed by atoms with Crippen molar-refractivity contribution in [2.45, 2.75) is 49.9 Å². The molecule has 2 heterocycles. The van der Waals surface area contributed by atoms with Crippen LogP contribution in [-0.4, -0.2) is 46.3 Å². The maximum atomic E-state index is 13.3. The molecular formula is C26H32N4O2S. The summed E-state index contributed by atoms with van der Waals surface area (Å²) in [6, 6.07) is 15.8. The number of imidazole rings is 1. The molecule has 0 bridgehead atoms. The summed E-state index contributed by atoms with van der Waals surface area (Å²) < 4.78 is 0. The minimum Gasteiger partial charge on any atom is -0.356 e. The van der Waals surface area contributed by atoms with Gasteiger partial charge in [0.2, 0.25) is 5.91 Å². The third kappa shape index (κ3) is 5.96. The first-order valence-electron chi connectivity index (χ1n) is 11.9. The number of hydrogen-bond donors (Lipinski definition) is 2. The molecule has 1 fully saturated rings. The zero-order valence-electron chi connectivity index (χ0n) is 19.2. The number of fused-ring (bicyclic) bond motifs is 1. The van der Waals surface area contributed by atoms with E-state index >= 15 is 0 Å². The van der Waals surface area contributed by atoms with Crippen LogP contribution in [-0.2, 0) is 10.5 Å². The van der Waals surface area contributed by atoms with Crippen LogP contribution in [0.25, 0.3) is 11.0 Å². The first-order valence-corrected chi connectivity index (χ1v) is 12.9. The van der Waals surface area contributed by atoms with E-state index in [-0.39, 0.29) is 17.7 Å². The first-order chi connectivity index (χ1) is 16.2. The summed E-state index contributed by atoms with van der Waals surface area (Å²) in [6.07, 6.45) is 4.76. The molecule has 1 aliphatic rings. The predicted octanol–water partition coefficient (Wildman–Crippen LogP) is 5.01. The molecule has 0 spiro atoms. The van der Waals surface area contributed by atoms with Crippen LogP contribution in [0.2, 0.25) is 0 Å². The van der Waals surface area contributed by atoms with Crippen LogP contribution < -0.4 is 5.32 Å². The number of nitrogens with zero attached hydrogens (tertiary/aromatic N) is 2. The van der Waals surface area contributed by atoms with Crippen molar-refractivity contribution in [1.82, 2.24) is 20.2 Å². The van der Waals surface area contributed by atoms with Crippen molar-refractivity contribution in [3.05, 3.63) is 59.7 Å². The number of carbonyl (C=O) groups is 2. The van der Waals surface area contributed by atoms with Gasteiger partial charge in [0.15, 0.2) is 5.16 Å². The van der Waals surface area contributed by atoms with Gasteiger partial charge in [-0.2, -0.15) is 0 Å². The second-order valence-corrected chi connectivity index (χ2v) is 9.53. The van der Waals surface area contributed by atoms with Crippen molar-refractivity contribution in [3.8, 4) is 0 Å². The summed E-state index contributed by atoms with van der Waals surface area (Å²) in [4.78, 5) is 35.6. The van der Waals surface area contributed by atoms with Gasteiger partial charge in [0.05, 0.1) is 11.0 Å². The number of thioether (sulfide) groups is 1. The highest BCUT2D eigenvalue weighted by molar-refractivity contribution is 7.98. The Bertz CT molecular complexity index is 1060. The Kier molecular flexibility index (Phi) is 8.05. The highest BCUT2D eigenvalue weighted by atomic mass is 32.2. The fraction of sp³-hybridized carbons (Fsp3) is 0.423.